The zero-order chi connectivity index (χ0) is 13.9. The van der Waals surface area contributed by atoms with Crippen LogP contribution < -0.4 is 0 Å². The van der Waals surface area contributed by atoms with Gasteiger partial charge in [-0.25, -0.2) is 0 Å². The maximum atomic E-state index is 2.34. The first-order valence-electron chi connectivity index (χ1n) is 7.29. The van der Waals surface area contributed by atoms with Gasteiger partial charge < -0.3 is 0 Å². The van der Waals surface area contributed by atoms with Crippen molar-refractivity contribution in [2.24, 2.45) is 0 Å². The summed E-state index contributed by atoms with van der Waals surface area (Å²) in [7, 11) is 0. The van der Waals surface area contributed by atoms with Crippen molar-refractivity contribution >= 4 is 5.57 Å². The number of hydrogen-bond donors (Lipinski definition) is 0. The van der Waals surface area contributed by atoms with Gasteiger partial charge in [0, 0.05) is 0 Å². The average molecular weight is 260 g/mol. The van der Waals surface area contributed by atoms with E-state index in [9.17, 15) is 0 Å². The molecule has 0 spiro atoms. The largest absolute Gasteiger partial charge is 0.0836 e. The Labute approximate surface area is 121 Å². The number of rotatable bonds is 2. The van der Waals surface area contributed by atoms with Crippen LogP contribution in [0.4, 0.5) is 0 Å². The molecule has 0 bridgehead atoms. The van der Waals surface area contributed by atoms with Crippen LogP contribution in [0, 0.1) is 13.8 Å². The van der Waals surface area contributed by atoms with E-state index in [1.54, 1.807) is 0 Å². The van der Waals surface area contributed by atoms with Crippen LogP contribution in [0.1, 0.15) is 29.5 Å². The highest BCUT2D eigenvalue weighted by molar-refractivity contribution is 5.80. The molecule has 20 heavy (non-hydrogen) atoms. The lowest BCUT2D eigenvalue weighted by atomic mass is 9.91. The predicted molar refractivity (Wildman–Crippen MR) is 87.7 cm³/mol. The van der Waals surface area contributed by atoms with E-state index in [-0.39, 0.29) is 0 Å². The van der Waals surface area contributed by atoms with Crippen LogP contribution in [0.3, 0.4) is 0 Å². The highest BCUT2D eigenvalue weighted by Gasteiger charge is 2.08. The van der Waals surface area contributed by atoms with Gasteiger partial charge in [-0.15, -0.1) is 0 Å². The quantitative estimate of drug-likeness (QED) is 0.649. The summed E-state index contributed by atoms with van der Waals surface area (Å²) in [5, 5.41) is 0. The van der Waals surface area contributed by atoms with Gasteiger partial charge in [-0.1, -0.05) is 54.6 Å². The number of aryl methyl sites for hydroxylation is 2. The van der Waals surface area contributed by atoms with Crippen molar-refractivity contribution in [3.8, 4) is 11.1 Å². The van der Waals surface area contributed by atoms with Crippen molar-refractivity contribution in [2.75, 3.05) is 0 Å². The maximum absolute atomic E-state index is 2.34. The molecule has 0 radical (unpaired) electrons. The molecule has 0 saturated heterocycles. The van der Waals surface area contributed by atoms with E-state index >= 15 is 0 Å². The smallest absolute Gasteiger partial charge is 0.0146 e. The third-order valence-corrected chi connectivity index (χ3v) is 4.00. The van der Waals surface area contributed by atoms with Gasteiger partial charge in [-0.05, 0) is 66.1 Å². The Hall–Kier alpha value is -2.08. The first-order valence-corrected chi connectivity index (χ1v) is 7.29. The number of benzene rings is 2. The van der Waals surface area contributed by atoms with Crippen LogP contribution in [0.5, 0.6) is 0 Å². The summed E-state index contributed by atoms with van der Waals surface area (Å²) in [6.07, 6.45) is 9.17. The van der Waals surface area contributed by atoms with E-state index in [1.165, 1.54) is 39.8 Å². The van der Waals surface area contributed by atoms with E-state index in [1.807, 2.05) is 0 Å². The molecule has 0 unspecified atom stereocenters. The van der Waals surface area contributed by atoms with E-state index in [0.717, 1.165) is 6.42 Å². The standard InChI is InChI=1S/C20H20/c1-15-8-6-7-11-19(15)20-14-18(13-12-16(20)2)17-9-4-3-5-10-17/h4,6-14H,3,5H2,1-2H3. The molecule has 0 saturated carbocycles. The average Bonchev–Trinajstić information content (AvgIpc) is 2.49. The van der Waals surface area contributed by atoms with Crippen molar-refractivity contribution in [1.82, 2.24) is 0 Å². The van der Waals surface area contributed by atoms with Crippen molar-refractivity contribution in [3.05, 3.63) is 77.4 Å². The summed E-state index contributed by atoms with van der Waals surface area (Å²) in [5.41, 5.74) is 8.04. The third kappa shape index (κ3) is 2.46. The van der Waals surface area contributed by atoms with Gasteiger partial charge >= 0.3 is 0 Å². The molecule has 2 aromatic rings. The Morgan fingerprint density at radius 2 is 1.60 bits per heavy atom. The zero-order valence-electron chi connectivity index (χ0n) is 12.2. The number of allylic oxidation sites excluding steroid dienone is 4. The molecule has 3 rings (SSSR count). The van der Waals surface area contributed by atoms with Gasteiger partial charge in [0.15, 0.2) is 0 Å². The molecular formula is C20H20. The summed E-state index contributed by atoms with van der Waals surface area (Å²) < 4.78 is 0. The van der Waals surface area contributed by atoms with Crippen molar-refractivity contribution < 1.29 is 0 Å². The summed E-state index contributed by atoms with van der Waals surface area (Å²) in [6, 6.07) is 15.4. The van der Waals surface area contributed by atoms with Gasteiger partial charge in [-0.3, -0.25) is 0 Å². The first-order chi connectivity index (χ1) is 9.75. The van der Waals surface area contributed by atoms with Gasteiger partial charge in [0.05, 0.1) is 0 Å². The highest BCUT2D eigenvalue weighted by Crippen LogP contribution is 2.30. The zero-order valence-corrected chi connectivity index (χ0v) is 12.2. The molecule has 0 amide bonds. The molecule has 1 aliphatic rings. The molecule has 2 aromatic carbocycles. The van der Waals surface area contributed by atoms with Crippen molar-refractivity contribution in [1.29, 1.82) is 0 Å². The van der Waals surface area contributed by atoms with Crippen molar-refractivity contribution in [2.45, 2.75) is 26.7 Å². The van der Waals surface area contributed by atoms with E-state index < -0.39 is 0 Å². The van der Waals surface area contributed by atoms with E-state index in [0.29, 0.717) is 0 Å². The molecule has 0 heteroatoms. The third-order valence-electron chi connectivity index (χ3n) is 4.00. The topological polar surface area (TPSA) is 0 Å². The monoisotopic (exact) mass is 260 g/mol. The first kappa shape index (κ1) is 12.9. The Morgan fingerprint density at radius 1 is 0.800 bits per heavy atom. The molecule has 100 valence electrons. The molecule has 0 nitrogen and oxygen atoms in total. The summed E-state index contributed by atoms with van der Waals surface area (Å²) in [4.78, 5) is 0. The second-order valence-electron chi connectivity index (χ2n) is 5.48. The Kier molecular flexibility index (Phi) is 3.56. The Morgan fingerprint density at radius 3 is 2.35 bits per heavy atom. The van der Waals surface area contributed by atoms with Crippen LogP contribution in [0.2, 0.25) is 0 Å². The Bertz CT molecular complexity index is 687. The van der Waals surface area contributed by atoms with Gasteiger partial charge in [-0.2, -0.15) is 0 Å². The molecule has 0 heterocycles. The lowest BCUT2D eigenvalue weighted by Gasteiger charge is -2.13. The van der Waals surface area contributed by atoms with E-state index in [4.69, 9.17) is 0 Å². The normalized spacial score (nSPS) is 14.2. The SMILES string of the molecule is Cc1ccccc1-c1cc(C2=CCCC=C2)ccc1C. The van der Waals surface area contributed by atoms with Crippen molar-refractivity contribution in [3.63, 3.8) is 0 Å². The minimum Gasteiger partial charge on any atom is -0.0836 e. The molecule has 1 aliphatic carbocycles. The lowest BCUT2D eigenvalue weighted by Crippen LogP contribution is -1.91. The molecule has 0 fully saturated rings. The van der Waals surface area contributed by atoms with Crippen LogP contribution in [-0.4, -0.2) is 0 Å². The predicted octanol–water partition coefficient (Wildman–Crippen LogP) is 5.70. The second-order valence-corrected chi connectivity index (χ2v) is 5.48. The molecule has 0 N–H and O–H groups in total. The van der Waals surface area contributed by atoms with E-state index in [2.05, 4.69) is 74.5 Å². The van der Waals surface area contributed by atoms with Crippen LogP contribution in [0.15, 0.2) is 60.7 Å². The molecule has 0 aromatic heterocycles. The fraction of sp³-hybridized carbons (Fsp3) is 0.200. The second kappa shape index (κ2) is 5.50. The van der Waals surface area contributed by atoms with Gasteiger partial charge in [0.25, 0.3) is 0 Å². The fourth-order valence-electron chi connectivity index (χ4n) is 2.79. The maximum Gasteiger partial charge on any atom is -0.0146 e. The lowest BCUT2D eigenvalue weighted by molar-refractivity contribution is 1.04. The van der Waals surface area contributed by atoms with Gasteiger partial charge in [0.1, 0.15) is 0 Å². The number of hydrogen-bond acceptors (Lipinski definition) is 0. The molecule has 0 atom stereocenters. The minimum atomic E-state index is 1.15. The summed E-state index contributed by atoms with van der Waals surface area (Å²) in [5.74, 6) is 0. The molecular weight excluding hydrogens is 240 g/mol. The summed E-state index contributed by atoms with van der Waals surface area (Å²) >= 11 is 0. The van der Waals surface area contributed by atoms with Crippen LogP contribution in [-0.2, 0) is 0 Å². The van der Waals surface area contributed by atoms with Crippen LogP contribution in [0.25, 0.3) is 16.7 Å². The minimum absolute atomic E-state index is 1.15. The van der Waals surface area contributed by atoms with Crippen LogP contribution >= 0.6 is 0 Å². The highest BCUT2D eigenvalue weighted by atomic mass is 14.1. The Balaban J connectivity index is 2.10. The van der Waals surface area contributed by atoms with Gasteiger partial charge in [0.2, 0.25) is 0 Å². The summed E-state index contributed by atoms with van der Waals surface area (Å²) in [6.45, 7) is 4.37. The molecule has 0 aliphatic heterocycles. The fourth-order valence-corrected chi connectivity index (χ4v) is 2.79.